The Bertz CT molecular complexity index is 1980. The smallest absolute Gasteiger partial charge is 0.236 e. The normalized spacial score (nSPS) is 17.8. The van der Waals surface area contributed by atoms with Crippen molar-refractivity contribution in [2.45, 2.75) is 70.2 Å². The van der Waals surface area contributed by atoms with Crippen LogP contribution < -0.4 is 25.3 Å². The molecule has 284 valence electrons. The van der Waals surface area contributed by atoms with Gasteiger partial charge in [0.25, 0.3) is 0 Å². The Balaban J connectivity index is 1.21. The molecule has 1 saturated heterocycles. The van der Waals surface area contributed by atoms with Gasteiger partial charge in [-0.3, -0.25) is 15.1 Å². The van der Waals surface area contributed by atoms with Gasteiger partial charge >= 0.3 is 0 Å². The number of likely N-dealkylation sites (tertiary alicyclic amines) is 1. The molecule has 0 radical (unpaired) electrons. The van der Waals surface area contributed by atoms with Gasteiger partial charge in [0.1, 0.15) is 42.1 Å². The number of pyridine rings is 1. The summed E-state index contributed by atoms with van der Waals surface area (Å²) in [5.74, 6) is 0.590. The lowest BCUT2D eigenvalue weighted by Gasteiger charge is -2.29. The zero-order chi connectivity index (χ0) is 38.2. The minimum atomic E-state index is -1.36. The number of nitrogens with two attached hydrogens (primary N) is 1. The quantitative estimate of drug-likeness (QED) is 0.110. The molecule has 1 amide bonds. The van der Waals surface area contributed by atoms with Crippen molar-refractivity contribution in [2.24, 2.45) is 5.73 Å². The number of aliphatic hydroxyl groups is 2. The largest absolute Gasteiger partial charge is 0.493 e. The molecule has 2 heterocycles. The Morgan fingerprint density at radius 3 is 2.65 bits per heavy atom. The summed E-state index contributed by atoms with van der Waals surface area (Å²) in [7, 11) is 0. The van der Waals surface area contributed by atoms with Gasteiger partial charge in [-0.2, -0.15) is 5.26 Å². The van der Waals surface area contributed by atoms with Crippen molar-refractivity contribution in [1.82, 2.24) is 15.2 Å². The summed E-state index contributed by atoms with van der Waals surface area (Å²) in [6.07, 6.45) is 3.17. The Morgan fingerprint density at radius 1 is 1.11 bits per heavy atom. The van der Waals surface area contributed by atoms with Crippen molar-refractivity contribution >= 4 is 17.5 Å². The van der Waals surface area contributed by atoms with Gasteiger partial charge in [0.15, 0.2) is 6.10 Å². The number of hydrogen-bond acceptors (Lipinski definition) is 10. The van der Waals surface area contributed by atoms with Crippen LogP contribution in [0.5, 0.6) is 17.2 Å². The van der Waals surface area contributed by atoms with Crippen molar-refractivity contribution in [3.63, 3.8) is 0 Å². The summed E-state index contributed by atoms with van der Waals surface area (Å²) in [6, 6.07) is 17.6. The molecule has 1 aliphatic carbocycles. The fourth-order valence-electron chi connectivity index (χ4n) is 7.01. The van der Waals surface area contributed by atoms with Crippen molar-refractivity contribution < 1.29 is 33.6 Å². The number of hydrogen-bond donors (Lipinski definition) is 4. The third-order valence-electron chi connectivity index (χ3n) is 10.0. The maximum absolute atomic E-state index is 16.0. The van der Waals surface area contributed by atoms with Crippen LogP contribution in [0.4, 0.5) is 4.39 Å². The van der Waals surface area contributed by atoms with Crippen LogP contribution in [0.2, 0.25) is 5.02 Å². The summed E-state index contributed by atoms with van der Waals surface area (Å²) in [5, 5.41) is 31.8. The van der Waals surface area contributed by atoms with E-state index < -0.39 is 30.8 Å². The number of nitriles is 1. The number of ether oxygens (including phenoxy) is 3. The lowest BCUT2D eigenvalue weighted by molar-refractivity contribution is -0.120. The molecule has 4 aromatic rings. The highest BCUT2D eigenvalue weighted by atomic mass is 35.5. The van der Waals surface area contributed by atoms with E-state index in [-0.39, 0.29) is 36.4 Å². The average Bonchev–Trinajstić information content (AvgIpc) is 3.49. The van der Waals surface area contributed by atoms with E-state index in [2.05, 4.69) is 21.3 Å². The second-order valence-electron chi connectivity index (χ2n) is 13.7. The first-order chi connectivity index (χ1) is 26.1. The Kier molecular flexibility index (Phi) is 13.0. The van der Waals surface area contributed by atoms with E-state index in [0.717, 1.165) is 66.9 Å². The van der Waals surface area contributed by atoms with Crippen molar-refractivity contribution in [2.75, 3.05) is 32.8 Å². The van der Waals surface area contributed by atoms with Crippen LogP contribution in [0.1, 0.15) is 58.7 Å². The summed E-state index contributed by atoms with van der Waals surface area (Å²) in [4.78, 5) is 18.2. The molecule has 1 aliphatic heterocycles. The maximum Gasteiger partial charge on any atom is 0.236 e. The highest BCUT2D eigenvalue weighted by molar-refractivity contribution is 6.32. The second-order valence-corrected chi connectivity index (χ2v) is 14.1. The molecule has 3 aromatic carbocycles. The number of rotatable bonds is 16. The number of aromatic nitrogens is 1. The molecule has 3 atom stereocenters. The van der Waals surface area contributed by atoms with E-state index in [1.807, 2.05) is 43.3 Å². The van der Waals surface area contributed by atoms with Crippen LogP contribution in [-0.2, 0) is 24.4 Å². The fourth-order valence-corrected chi connectivity index (χ4v) is 7.24. The first-order valence-corrected chi connectivity index (χ1v) is 18.5. The van der Waals surface area contributed by atoms with E-state index in [1.165, 1.54) is 6.20 Å². The molecule has 0 spiro atoms. The van der Waals surface area contributed by atoms with Gasteiger partial charge in [-0.15, -0.1) is 0 Å². The minimum absolute atomic E-state index is 0.0444. The molecule has 1 aromatic heterocycles. The Labute approximate surface area is 319 Å². The highest BCUT2D eigenvalue weighted by Crippen LogP contribution is 2.45. The molecule has 6 rings (SSSR count). The fraction of sp³-hybridized carbons (Fsp3) is 0.390. The standard InChI is InChI=1S/C41H45ClFN5O6/c1-25-30(5-3-8-37(25)52-14-4-11-48-12-9-29(50)10-13-48)31-6-2-7-32-33(31)17-35(43)40(32)54-39-18-38(53-24-27-15-26(19-44)20-46-21-27)28(16-34(39)42)22-47-36(23-49)41(45)51/h2-3,5-8,15-16,18,20-21,29,35-36,40,47,49-50H,4,9-14,17,22-24H2,1H3,(H2,45,51)/t35-,36+,40-/m1/s1. The minimum Gasteiger partial charge on any atom is -0.493 e. The predicted molar refractivity (Wildman–Crippen MR) is 202 cm³/mol. The number of benzene rings is 3. The van der Waals surface area contributed by atoms with E-state index in [0.29, 0.717) is 34.6 Å². The third-order valence-corrected chi connectivity index (χ3v) is 10.3. The first-order valence-electron chi connectivity index (χ1n) is 18.1. The van der Waals surface area contributed by atoms with Crippen LogP contribution in [0.3, 0.4) is 0 Å². The van der Waals surface area contributed by atoms with E-state index >= 15 is 4.39 Å². The summed E-state index contributed by atoms with van der Waals surface area (Å²) in [6.45, 7) is 4.91. The van der Waals surface area contributed by atoms with Gasteiger partial charge < -0.3 is 35.1 Å². The molecule has 2 aliphatic rings. The van der Waals surface area contributed by atoms with Crippen molar-refractivity contribution in [3.8, 4) is 34.4 Å². The van der Waals surface area contributed by atoms with Crippen LogP contribution in [0.25, 0.3) is 11.1 Å². The zero-order valence-corrected chi connectivity index (χ0v) is 30.9. The number of fused-ring (bicyclic) bond motifs is 1. The Morgan fingerprint density at radius 2 is 1.89 bits per heavy atom. The maximum atomic E-state index is 16.0. The second kappa shape index (κ2) is 18.0. The lowest BCUT2D eigenvalue weighted by Crippen LogP contribution is -2.43. The summed E-state index contributed by atoms with van der Waals surface area (Å²) >= 11 is 6.75. The number of aliphatic hydroxyl groups excluding tert-OH is 2. The molecule has 11 nitrogen and oxygen atoms in total. The topological polar surface area (TPSA) is 163 Å². The third kappa shape index (κ3) is 9.29. The number of nitrogens with one attached hydrogen (secondary N) is 1. The molecule has 1 fully saturated rings. The molecule has 0 bridgehead atoms. The molecule has 0 saturated carbocycles. The molecule has 0 unspecified atom stereocenters. The number of primary amides is 1. The van der Waals surface area contributed by atoms with Crippen LogP contribution in [-0.4, -0.2) is 77.2 Å². The van der Waals surface area contributed by atoms with Crippen LogP contribution in [0.15, 0.2) is 67.0 Å². The summed E-state index contributed by atoms with van der Waals surface area (Å²) < 4.78 is 34.8. The predicted octanol–water partition coefficient (Wildman–Crippen LogP) is 5.34. The van der Waals surface area contributed by atoms with E-state index in [1.54, 1.807) is 24.4 Å². The lowest BCUT2D eigenvalue weighted by atomic mass is 9.93. The number of nitrogens with zero attached hydrogens (tertiary/aromatic N) is 3. The molecule has 13 heteroatoms. The Hall–Kier alpha value is -4.77. The summed E-state index contributed by atoms with van der Waals surface area (Å²) in [5.41, 5.74) is 11.4. The van der Waals surface area contributed by atoms with Gasteiger partial charge in [0.05, 0.1) is 29.9 Å². The van der Waals surface area contributed by atoms with Gasteiger partial charge in [-0.1, -0.05) is 41.9 Å². The monoisotopic (exact) mass is 757 g/mol. The molecular formula is C41H45ClFN5O6. The van der Waals surface area contributed by atoms with Gasteiger partial charge in [-0.25, -0.2) is 4.39 Å². The van der Waals surface area contributed by atoms with E-state index in [4.69, 9.17) is 31.5 Å². The number of carbonyl (C=O) groups is 1. The first kappa shape index (κ1) is 38.9. The van der Waals surface area contributed by atoms with Crippen molar-refractivity contribution in [3.05, 3.63) is 105 Å². The molecule has 54 heavy (non-hydrogen) atoms. The number of amides is 1. The zero-order valence-electron chi connectivity index (χ0n) is 30.1. The average molecular weight is 758 g/mol. The van der Waals surface area contributed by atoms with E-state index in [9.17, 15) is 20.3 Å². The van der Waals surface area contributed by atoms with Crippen LogP contribution in [0, 0.1) is 18.3 Å². The van der Waals surface area contributed by atoms with Gasteiger partial charge in [-0.05, 0) is 72.2 Å². The number of carbonyl (C=O) groups excluding carboxylic acids is 1. The molecule has 5 N–H and O–H groups in total. The number of piperidine rings is 1. The highest BCUT2D eigenvalue weighted by Gasteiger charge is 2.37. The van der Waals surface area contributed by atoms with Crippen LogP contribution >= 0.6 is 11.6 Å². The van der Waals surface area contributed by atoms with Gasteiger partial charge in [0.2, 0.25) is 5.91 Å². The number of halogens is 2. The number of alkyl halides is 1. The SMILES string of the molecule is Cc1c(OCCCN2CCC(O)CC2)cccc1-c1cccc2c1C[C@@H](F)[C@@H]2Oc1cc(OCc2cncc(C#N)c2)c(CN[C@@H](CO)C(N)=O)cc1Cl. The van der Waals surface area contributed by atoms with Gasteiger partial charge in [0, 0.05) is 62.2 Å². The van der Waals surface area contributed by atoms with Crippen molar-refractivity contribution in [1.29, 1.82) is 5.26 Å². The molecular weight excluding hydrogens is 713 g/mol.